The molecule has 1 aromatic heterocycles. The number of urea groups is 1. The topological polar surface area (TPSA) is 58.4 Å². The largest absolute Gasteiger partial charge is 0.440 e. The fourth-order valence-corrected chi connectivity index (χ4v) is 3.29. The molecule has 1 fully saturated rings. The highest BCUT2D eigenvalue weighted by molar-refractivity contribution is 6.31. The summed E-state index contributed by atoms with van der Waals surface area (Å²) in [6.45, 7) is 1.84. The molecule has 5 nitrogen and oxygen atoms in total. The molecule has 25 heavy (non-hydrogen) atoms. The van der Waals surface area contributed by atoms with Crippen molar-refractivity contribution in [2.45, 2.75) is 18.9 Å². The van der Waals surface area contributed by atoms with Crippen molar-refractivity contribution in [3.63, 3.8) is 0 Å². The van der Waals surface area contributed by atoms with Crippen LogP contribution in [0.25, 0.3) is 11.1 Å². The van der Waals surface area contributed by atoms with E-state index in [1.807, 2.05) is 41.3 Å². The highest BCUT2D eigenvalue weighted by Crippen LogP contribution is 2.30. The fourth-order valence-electron chi connectivity index (χ4n) is 3.12. The molecule has 2 aromatic carbocycles. The molecule has 1 N–H and O–H groups in total. The molecule has 1 atom stereocenters. The van der Waals surface area contributed by atoms with Gasteiger partial charge in [-0.25, -0.2) is 9.78 Å². The average Bonchev–Trinajstić information content (AvgIpc) is 3.27. The van der Waals surface area contributed by atoms with Crippen molar-refractivity contribution in [2.75, 3.05) is 13.1 Å². The van der Waals surface area contributed by atoms with Crippen LogP contribution < -0.4 is 5.32 Å². The number of oxazole rings is 1. The maximum atomic E-state index is 12.4. The van der Waals surface area contributed by atoms with Crippen molar-refractivity contribution in [2.24, 2.45) is 0 Å². The van der Waals surface area contributed by atoms with Gasteiger partial charge in [0.2, 0.25) is 0 Å². The summed E-state index contributed by atoms with van der Waals surface area (Å²) < 4.78 is 5.84. The minimum absolute atomic E-state index is 0.0505. The zero-order chi connectivity index (χ0) is 17.2. The molecule has 0 spiro atoms. The Balaban J connectivity index is 1.39. The molecule has 2 amide bonds. The smallest absolute Gasteiger partial charge is 0.317 e. The van der Waals surface area contributed by atoms with E-state index >= 15 is 0 Å². The Hall–Kier alpha value is -2.53. The fraction of sp³-hybridized carbons (Fsp3) is 0.263. The Kier molecular flexibility index (Phi) is 4.32. The van der Waals surface area contributed by atoms with E-state index in [1.54, 1.807) is 12.1 Å². The van der Waals surface area contributed by atoms with E-state index in [0.29, 0.717) is 30.5 Å². The lowest BCUT2D eigenvalue weighted by Gasteiger charge is -2.16. The van der Waals surface area contributed by atoms with E-state index < -0.39 is 0 Å². The van der Waals surface area contributed by atoms with Crippen LogP contribution >= 0.6 is 11.6 Å². The van der Waals surface area contributed by atoms with E-state index in [2.05, 4.69) is 10.3 Å². The molecule has 1 saturated heterocycles. The number of aromatic nitrogens is 1. The molecule has 6 heteroatoms. The number of fused-ring (bicyclic) bond motifs is 1. The van der Waals surface area contributed by atoms with Crippen LogP contribution in [-0.2, 0) is 6.54 Å². The summed E-state index contributed by atoms with van der Waals surface area (Å²) in [5.74, 6) is 0.796. The Morgan fingerprint density at radius 1 is 1.28 bits per heavy atom. The van der Waals surface area contributed by atoms with Crippen LogP contribution in [0.2, 0.25) is 5.02 Å². The molecule has 1 aliphatic rings. The lowest BCUT2D eigenvalue weighted by Crippen LogP contribution is -2.37. The number of benzene rings is 2. The summed E-state index contributed by atoms with van der Waals surface area (Å²) in [4.78, 5) is 18.7. The van der Waals surface area contributed by atoms with Gasteiger partial charge in [0.25, 0.3) is 0 Å². The molecule has 2 heterocycles. The van der Waals surface area contributed by atoms with E-state index in [-0.39, 0.29) is 11.9 Å². The van der Waals surface area contributed by atoms with Crippen molar-refractivity contribution in [1.29, 1.82) is 0 Å². The first kappa shape index (κ1) is 16.0. The Labute approximate surface area is 150 Å². The number of carbonyl (C=O) groups excluding carboxylic acids is 1. The number of nitrogens with one attached hydrogen (secondary N) is 1. The quantitative estimate of drug-likeness (QED) is 0.766. The van der Waals surface area contributed by atoms with Crippen molar-refractivity contribution < 1.29 is 9.21 Å². The minimum Gasteiger partial charge on any atom is -0.440 e. The first-order chi connectivity index (χ1) is 12.2. The average molecular weight is 356 g/mol. The molecule has 128 valence electrons. The Morgan fingerprint density at radius 3 is 2.96 bits per heavy atom. The molecule has 4 rings (SSSR count). The highest BCUT2D eigenvalue weighted by atomic mass is 35.5. The van der Waals surface area contributed by atoms with Gasteiger partial charge >= 0.3 is 6.03 Å². The summed E-state index contributed by atoms with van der Waals surface area (Å²) in [5.41, 5.74) is 2.57. The molecule has 0 unspecified atom stereocenters. The number of rotatable bonds is 3. The Bertz CT molecular complexity index is 894. The second-order valence-corrected chi connectivity index (χ2v) is 6.68. The van der Waals surface area contributed by atoms with Crippen LogP contribution in [0.3, 0.4) is 0 Å². The predicted molar refractivity (Wildman–Crippen MR) is 96.6 cm³/mol. The van der Waals surface area contributed by atoms with Crippen LogP contribution in [0.1, 0.15) is 23.8 Å². The van der Waals surface area contributed by atoms with E-state index in [9.17, 15) is 4.79 Å². The zero-order valence-electron chi connectivity index (χ0n) is 13.6. The van der Waals surface area contributed by atoms with Gasteiger partial charge in [-0.05, 0) is 30.2 Å². The Morgan fingerprint density at radius 2 is 2.12 bits per heavy atom. The van der Waals surface area contributed by atoms with Crippen LogP contribution in [0.15, 0.2) is 52.9 Å². The van der Waals surface area contributed by atoms with Gasteiger partial charge in [0.15, 0.2) is 11.5 Å². The third-order valence-corrected chi connectivity index (χ3v) is 4.71. The molecule has 1 aliphatic heterocycles. The van der Waals surface area contributed by atoms with Crippen LogP contribution in [0, 0.1) is 0 Å². The van der Waals surface area contributed by atoms with Gasteiger partial charge in [-0.1, -0.05) is 41.9 Å². The van der Waals surface area contributed by atoms with E-state index in [1.165, 1.54) is 0 Å². The molecule has 3 aromatic rings. The SMILES string of the molecule is O=C(NCc1ccccc1)N1CC[C@H](c2nc3cc(Cl)ccc3o2)C1. The van der Waals surface area contributed by atoms with Gasteiger partial charge < -0.3 is 14.6 Å². The van der Waals surface area contributed by atoms with Crippen molar-refractivity contribution in [1.82, 2.24) is 15.2 Å². The van der Waals surface area contributed by atoms with Crippen molar-refractivity contribution >= 4 is 28.7 Å². The monoisotopic (exact) mass is 355 g/mol. The molecular weight excluding hydrogens is 338 g/mol. The molecular formula is C19H18ClN3O2. The van der Waals surface area contributed by atoms with E-state index in [0.717, 1.165) is 23.1 Å². The van der Waals surface area contributed by atoms with Gasteiger partial charge in [0.1, 0.15) is 5.52 Å². The van der Waals surface area contributed by atoms with Crippen molar-refractivity contribution in [3.8, 4) is 0 Å². The summed E-state index contributed by atoms with van der Waals surface area (Å²) in [6.07, 6.45) is 0.847. The van der Waals surface area contributed by atoms with Gasteiger partial charge in [0, 0.05) is 24.7 Å². The van der Waals surface area contributed by atoms with Crippen LogP contribution in [0.5, 0.6) is 0 Å². The third-order valence-electron chi connectivity index (χ3n) is 4.48. The van der Waals surface area contributed by atoms with Crippen LogP contribution in [-0.4, -0.2) is 29.0 Å². The maximum Gasteiger partial charge on any atom is 0.317 e. The number of carbonyl (C=O) groups is 1. The highest BCUT2D eigenvalue weighted by Gasteiger charge is 2.30. The molecule has 0 saturated carbocycles. The normalized spacial score (nSPS) is 17.2. The summed E-state index contributed by atoms with van der Waals surface area (Å²) in [7, 11) is 0. The van der Waals surface area contributed by atoms with Gasteiger partial charge in [0.05, 0.1) is 5.92 Å². The summed E-state index contributed by atoms with van der Waals surface area (Å²) >= 11 is 5.99. The molecule has 0 aliphatic carbocycles. The number of amides is 2. The number of likely N-dealkylation sites (tertiary alicyclic amines) is 1. The van der Waals surface area contributed by atoms with Gasteiger partial charge in [-0.15, -0.1) is 0 Å². The third kappa shape index (κ3) is 3.46. The zero-order valence-corrected chi connectivity index (χ0v) is 14.4. The van der Waals surface area contributed by atoms with Crippen LogP contribution in [0.4, 0.5) is 4.79 Å². The number of nitrogens with zero attached hydrogens (tertiary/aromatic N) is 2. The standard InChI is InChI=1S/C19H18ClN3O2/c20-15-6-7-17-16(10-15)22-18(25-17)14-8-9-23(12-14)19(24)21-11-13-4-2-1-3-5-13/h1-7,10,14H,8-9,11-12H2,(H,21,24)/t14-/m0/s1. The lowest BCUT2D eigenvalue weighted by atomic mass is 10.1. The second-order valence-electron chi connectivity index (χ2n) is 6.24. The number of halogens is 1. The van der Waals surface area contributed by atoms with E-state index in [4.69, 9.17) is 16.0 Å². The van der Waals surface area contributed by atoms with Crippen molar-refractivity contribution in [3.05, 3.63) is 65.0 Å². The lowest BCUT2D eigenvalue weighted by molar-refractivity contribution is 0.207. The second kappa shape index (κ2) is 6.76. The first-order valence-corrected chi connectivity index (χ1v) is 8.69. The number of hydrogen-bond donors (Lipinski definition) is 1. The summed E-state index contributed by atoms with van der Waals surface area (Å²) in [5, 5.41) is 3.61. The first-order valence-electron chi connectivity index (χ1n) is 8.32. The maximum absolute atomic E-state index is 12.4. The van der Waals surface area contributed by atoms with Gasteiger partial charge in [-0.3, -0.25) is 0 Å². The minimum atomic E-state index is -0.0505. The predicted octanol–water partition coefficient (Wildman–Crippen LogP) is 4.18. The molecule has 0 radical (unpaired) electrons. The summed E-state index contributed by atoms with van der Waals surface area (Å²) in [6, 6.07) is 15.2. The molecule has 0 bridgehead atoms. The number of hydrogen-bond acceptors (Lipinski definition) is 3. The van der Waals surface area contributed by atoms with Gasteiger partial charge in [-0.2, -0.15) is 0 Å².